The SMILES string of the molecule is c1ccc(-c2nc(-n3c4ccccc4c4c3ccc3c5cccc6c7cccc8sc9cccc(c%10ccccc%10n(c65)c34)c9c87)nc3ccccc23)cc1. The first-order chi connectivity index (χ1) is 27.3. The van der Waals surface area contributed by atoms with Crippen molar-refractivity contribution >= 4 is 113 Å². The van der Waals surface area contributed by atoms with Crippen LogP contribution in [0.2, 0.25) is 0 Å². The van der Waals surface area contributed by atoms with Crippen molar-refractivity contribution in [3.8, 4) is 17.2 Å². The number of hydrogen-bond donors (Lipinski definition) is 0. The molecule has 254 valence electrons. The molecule has 0 aliphatic heterocycles. The molecule has 0 radical (unpaired) electrons. The van der Waals surface area contributed by atoms with Crippen LogP contribution in [0.3, 0.4) is 0 Å². The van der Waals surface area contributed by atoms with Gasteiger partial charge in [-0.2, -0.15) is 0 Å². The average molecular weight is 717 g/mol. The third-order valence-corrected chi connectivity index (χ3v) is 12.8. The highest BCUT2D eigenvalue weighted by Gasteiger charge is 2.23. The van der Waals surface area contributed by atoms with Crippen molar-refractivity contribution < 1.29 is 0 Å². The summed E-state index contributed by atoms with van der Waals surface area (Å²) in [5, 5.41) is 13.5. The number of hydrogen-bond acceptors (Lipinski definition) is 3. The average Bonchev–Trinajstić information content (AvgIpc) is 3.92. The first-order valence-electron chi connectivity index (χ1n) is 18.7. The van der Waals surface area contributed by atoms with Gasteiger partial charge >= 0.3 is 0 Å². The Morgan fingerprint density at radius 1 is 0.364 bits per heavy atom. The van der Waals surface area contributed by atoms with Gasteiger partial charge in [0.1, 0.15) is 0 Å². The van der Waals surface area contributed by atoms with Crippen LogP contribution in [-0.2, 0) is 0 Å². The summed E-state index contributed by atoms with van der Waals surface area (Å²) < 4.78 is 7.47. The Balaban J connectivity index is 1.29. The molecule has 0 saturated heterocycles. The zero-order chi connectivity index (χ0) is 35.8. The van der Waals surface area contributed by atoms with Crippen LogP contribution in [0, 0.1) is 0 Å². The molecule has 5 heteroatoms. The lowest BCUT2D eigenvalue weighted by Gasteiger charge is -2.11. The van der Waals surface area contributed by atoms with Gasteiger partial charge in [0.2, 0.25) is 5.95 Å². The number of thiophene rings is 1. The lowest BCUT2D eigenvalue weighted by Crippen LogP contribution is -2.03. The zero-order valence-electron chi connectivity index (χ0n) is 29.4. The second-order valence-electron chi connectivity index (χ2n) is 14.5. The van der Waals surface area contributed by atoms with Crippen molar-refractivity contribution in [2.24, 2.45) is 0 Å². The van der Waals surface area contributed by atoms with E-state index in [0.29, 0.717) is 5.95 Å². The molecule has 5 heterocycles. The molecule has 8 aromatic carbocycles. The van der Waals surface area contributed by atoms with E-state index in [0.717, 1.165) is 33.2 Å². The van der Waals surface area contributed by atoms with Gasteiger partial charge in [-0.25, -0.2) is 9.97 Å². The van der Waals surface area contributed by atoms with Crippen LogP contribution in [0.1, 0.15) is 0 Å². The van der Waals surface area contributed by atoms with Crippen molar-refractivity contribution in [1.82, 2.24) is 18.9 Å². The van der Waals surface area contributed by atoms with E-state index in [1.807, 2.05) is 11.3 Å². The molecule has 0 amide bonds. The van der Waals surface area contributed by atoms with Crippen LogP contribution in [0.15, 0.2) is 170 Å². The molecule has 0 bridgehead atoms. The third-order valence-electron chi connectivity index (χ3n) is 11.7. The molecular weight excluding hydrogens is 689 g/mol. The Kier molecular flexibility index (Phi) is 5.74. The maximum atomic E-state index is 5.39. The Hall–Kier alpha value is -7.08. The minimum atomic E-state index is 0.660. The topological polar surface area (TPSA) is 35.1 Å². The standard InChI is InChI=1S/C50H28N4S/c1-2-13-29(14-3-1)47-36-16-4-7-22-38(36)51-50(52-47)53-40-24-9-6-17-37(40)44-41(53)28-27-35-34-21-10-20-33-32-19-12-26-43-46(32)45-31(18-11-25-42(45)55-43)30-15-5-8-23-39(30)54(48(33)34)49(35)44/h1-28H. The van der Waals surface area contributed by atoms with Crippen molar-refractivity contribution in [3.63, 3.8) is 0 Å². The summed E-state index contributed by atoms with van der Waals surface area (Å²) in [4.78, 5) is 10.7. The Labute approximate surface area is 317 Å². The highest BCUT2D eigenvalue weighted by molar-refractivity contribution is 7.26. The van der Waals surface area contributed by atoms with E-state index in [1.54, 1.807) is 0 Å². The molecule has 0 spiro atoms. The maximum absolute atomic E-state index is 5.39. The Morgan fingerprint density at radius 2 is 0.945 bits per heavy atom. The predicted octanol–water partition coefficient (Wildman–Crippen LogP) is 13.6. The minimum Gasteiger partial charge on any atom is -0.307 e. The molecule has 13 rings (SSSR count). The molecule has 13 aromatic rings. The molecule has 0 aliphatic carbocycles. The van der Waals surface area contributed by atoms with Gasteiger partial charge in [-0.05, 0) is 47.2 Å². The quantitative estimate of drug-likeness (QED) is 0.179. The van der Waals surface area contributed by atoms with Crippen LogP contribution in [-0.4, -0.2) is 18.9 Å². The second kappa shape index (κ2) is 10.8. The molecule has 0 aliphatic rings. The van der Waals surface area contributed by atoms with Gasteiger partial charge in [-0.15, -0.1) is 11.3 Å². The Morgan fingerprint density at radius 3 is 1.75 bits per heavy atom. The van der Waals surface area contributed by atoms with E-state index in [4.69, 9.17) is 9.97 Å². The van der Waals surface area contributed by atoms with Crippen molar-refractivity contribution in [1.29, 1.82) is 0 Å². The molecular formula is C50H28N4S. The van der Waals surface area contributed by atoms with E-state index in [-0.39, 0.29) is 0 Å². The zero-order valence-corrected chi connectivity index (χ0v) is 30.2. The number of rotatable bonds is 2. The smallest absolute Gasteiger partial charge is 0.235 e. The maximum Gasteiger partial charge on any atom is 0.235 e. The van der Waals surface area contributed by atoms with E-state index in [2.05, 4.69) is 179 Å². The van der Waals surface area contributed by atoms with Gasteiger partial charge in [0.05, 0.1) is 38.8 Å². The van der Waals surface area contributed by atoms with Gasteiger partial charge in [0.25, 0.3) is 0 Å². The lowest BCUT2D eigenvalue weighted by molar-refractivity contribution is 1.01. The van der Waals surface area contributed by atoms with Gasteiger partial charge < -0.3 is 4.40 Å². The van der Waals surface area contributed by atoms with Crippen molar-refractivity contribution in [3.05, 3.63) is 170 Å². The molecule has 55 heavy (non-hydrogen) atoms. The van der Waals surface area contributed by atoms with Crippen LogP contribution in [0.25, 0.3) is 119 Å². The van der Waals surface area contributed by atoms with Crippen LogP contribution in [0.4, 0.5) is 0 Å². The molecule has 4 nitrogen and oxygen atoms in total. The van der Waals surface area contributed by atoms with Crippen LogP contribution >= 0.6 is 11.3 Å². The summed E-state index contributed by atoms with van der Waals surface area (Å²) in [6, 6.07) is 61.6. The Bertz CT molecular complexity index is 3780. The van der Waals surface area contributed by atoms with Gasteiger partial charge in [-0.1, -0.05) is 133 Å². The normalized spacial score (nSPS) is 12.4. The summed E-state index contributed by atoms with van der Waals surface area (Å²) in [6.45, 7) is 0. The van der Waals surface area contributed by atoms with E-state index in [1.165, 1.54) is 79.8 Å². The fourth-order valence-electron chi connectivity index (χ4n) is 9.47. The first-order valence-corrected chi connectivity index (χ1v) is 19.5. The van der Waals surface area contributed by atoms with E-state index in [9.17, 15) is 0 Å². The summed E-state index contributed by atoms with van der Waals surface area (Å²) >= 11 is 1.89. The summed E-state index contributed by atoms with van der Waals surface area (Å²) in [6.07, 6.45) is 0. The molecule has 0 saturated carbocycles. The predicted molar refractivity (Wildman–Crippen MR) is 233 cm³/mol. The minimum absolute atomic E-state index is 0.660. The fraction of sp³-hybridized carbons (Fsp3) is 0. The van der Waals surface area contributed by atoms with Gasteiger partial charge in [0, 0.05) is 63.4 Å². The molecule has 5 aromatic heterocycles. The number of fused-ring (bicyclic) bond motifs is 12. The molecule has 0 unspecified atom stereocenters. The fourth-order valence-corrected chi connectivity index (χ4v) is 10.6. The van der Waals surface area contributed by atoms with E-state index >= 15 is 0 Å². The first kappa shape index (κ1) is 29.4. The largest absolute Gasteiger partial charge is 0.307 e. The summed E-state index contributed by atoms with van der Waals surface area (Å²) in [7, 11) is 0. The highest BCUT2D eigenvalue weighted by Crippen LogP contribution is 2.46. The molecule has 0 fully saturated rings. The summed E-state index contributed by atoms with van der Waals surface area (Å²) in [5.74, 6) is 0.660. The highest BCUT2D eigenvalue weighted by atomic mass is 32.1. The molecule has 0 atom stereocenters. The van der Waals surface area contributed by atoms with Crippen LogP contribution in [0.5, 0.6) is 0 Å². The number of aromatic nitrogens is 4. The van der Waals surface area contributed by atoms with Gasteiger partial charge in [0.15, 0.2) is 0 Å². The monoisotopic (exact) mass is 716 g/mol. The number of benzene rings is 8. The van der Waals surface area contributed by atoms with Crippen LogP contribution < -0.4 is 0 Å². The third kappa shape index (κ3) is 3.84. The lowest BCUT2D eigenvalue weighted by atomic mass is 10.0. The second-order valence-corrected chi connectivity index (χ2v) is 15.6. The van der Waals surface area contributed by atoms with E-state index < -0.39 is 0 Å². The molecule has 0 N–H and O–H groups in total. The number of nitrogens with zero attached hydrogens (tertiary/aromatic N) is 4. The summed E-state index contributed by atoms with van der Waals surface area (Å²) in [5.41, 5.74) is 8.65. The van der Waals surface area contributed by atoms with Crippen molar-refractivity contribution in [2.45, 2.75) is 0 Å². The van der Waals surface area contributed by atoms with Gasteiger partial charge in [-0.3, -0.25) is 4.57 Å². The number of para-hydroxylation sites is 4. The van der Waals surface area contributed by atoms with Crippen molar-refractivity contribution in [2.75, 3.05) is 0 Å².